The van der Waals surface area contributed by atoms with Gasteiger partial charge in [0.1, 0.15) is 0 Å². The van der Waals surface area contributed by atoms with Gasteiger partial charge in [0.2, 0.25) is 0 Å². The van der Waals surface area contributed by atoms with Gasteiger partial charge in [-0.1, -0.05) is 30.3 Å². The highest BCUT2D eigenvalue weighted by atomic mass is 16.5. The molecule has 0 bridgehead atoms. The lowest BCUT2D eigenvalue weighted by Crippen LogP contribution is -2.23. The van der Waals surface area contributed by atoms with Crippen LogP contribution >= 0.6 is 0 Å². The number of hydrogen-bond donors (Lipinski definition) is 2. The summed E-state index contributed by atoms with van der Waals surface area (Å²) in [4.78, 5) is 3.89. The Kier molecular flexibility index (Phi) is 5.36. The third-order valence-electron chi connectivity index (χ3n) is 2.23. The van der Waals surface area contributed by atoms with Crippen LogP contribution in [0.5, 0.6) is 0 Å². The molecule has 0 aliphatic rings. The van der Waals surface area contributed by atoms with E-state index in [1.165, 1.54) is 5.56 Å². The lowest BCUT2D eigenvalue weighted by molar-refractivity contribution is 0.0652. The topological polar surface area (TPSA) is 73.6 Å². The van der Waals surface area contributed by atoms with Crippen molar-refractivity contribution in [3.63, 3.8) is 0 Å². The van der Waals surface area contributed by atoms with Crippen molar-refractivity contribution in [1.82, 2.24) is 0 Å². The van der Waals surface area contributed by atoms with Crippen LogP contribution < -0.4 is 11.5 Å². The van der Waals surface area contributed by atoms with E-state index in [0.717, 1.165) is 6.42 Å². The molecule has 0 amide bonds. The zero-order chi connectivity index (χ0) is 11.8. The van der Waals surface area contributed by atoms with Crippen LogP contribution in [0.3, 0.4) is 0 Å². The Bertz CT molecular complexity index is 320. The third-order valence-corrected chi connectivity index (χ3v) is 2.23. The van der Waals surface area contributed by atoms with E-state index >= 15 is 0 Å². The van der Waals surface area contributed by atoms with Gasteiger partial charge in [0, 0.05) is 13.2 Å². The molecular formula is C12H19N3O. The zero-order valence-corrected chi connectivity index (χ0v) is 9.60. The van der Waals surface area contributed by atoms with E-state index in [4.69, 9.17) is 16.2 Å². The normalized spacial score (nSPS) is 12.1. The molecule has 0 heterocycles. The molecule has 16 heavy (non-hydrogen) atoms. The summed E-state index contributed by atoms with van der Waals surface area (Å²) in [5, 5.41) is 0. The van der Waals surface area contributed by atoms with Crippen molar-refractivity contribution in [2.24, 2.45) is 16.5 Å². The van der Waals surface area contributed by atoms with Gasteiger partial charge in [-0.15, -0.1) is 0 Å². The predicted molar refractivity (Wildman–Crippen MR) is 66.1 cm³/mol. The van der Waals surface area contributed by atoms with Crippen LogP contribution in [0.25, 0.3) is 0 Å². The lowest BCUT2D eigenvalue weighted by Gasteiger charge is -2.12. The fourth-order valence-corrected chi connectivity index (χ4v) is 1.35. The molecule has 1 rings (SSSR count). The smallest absolute Gasteiger partial charge is 0.185 e. The highest BCUT2D eigenvalue weighted by molar-refractivity contribution is 5.75. The van der Waals surface area contributed by atoms with E-state index < -0.39 is 0 Å². The third kappa shape index (κ3) is 4.79. The first-order valence-corrected chi connectivity index (χ1v) is 5.42. The number of nitrogens with two attached hydrogens (primary N) is 2. The number of aliphatic imine (C=N–C) groups is 1. The number of guanidine groups is 1. The number of rotatable bonds is 6. The molecule has 1 aromatic carbocycles. The molecule has 0 saturated heterocycles. The summed E-state index contributed by atoms with van der Waals surface area (Å²) in [6.07, 6.45) is 0.940. The van der Waals surface area contributed by atoms with Crippen molar-refractivity contribution in [1.29, 1.82) is 0 Å². The van der Waals surface area contributed by atoms with Crippen molar-refractivity contribution in [3.8, 4) is 0 Å². The Morgan fingerprint density at radius 1 is 1.31 bits per heavy atom. The van der Waals surface area contributed by atoms with Crippen molar-refractivity contribution >= 4 is 5.96 Å². The second kappa shape index (κ2) is 6.85. The summed E-state index contributed by atoms with van der Waals surface area (Å²) in [5.74, 6) is 0.135. The van der Waals surface area contributed by atoms with E-state index in [1.807, 2.05) is 25.1 Å². The molecular weight excluding hydrogens is 202 g/mol. The van der Waals surface area contributed by atoms with Gasteiger partial charge in [-0.3, -0.25) is 4.99 Å². The maximum Gasteiger partial charge on any atom is 0.185 e. The van der Waals surface area contributed by atoms with Crippen LogP contribution in [0.2, 0.25) is 0 Å². The van der Waals surface area contributed by atoms with Gasteiger partial charge in [-0.05, 0) is 18.9 Å². The van der Waals surface area contributed by atoms with Crippen molar-refractivity contribution < 1.29 is 4.74 Å². The first-order valence-electron chi connectivity index (χ1n) is 5.42. The largest absolute Gasteiger partial charge is 0.374 e. The van der Waals surface area contributed by atoms with Crippen LogP contribution in [0, 0.1) is 0 Å². The van der Waals surface area contributed by atoms with Gasteiger partial charge in [-0.2, -0.15) is 0 Å². The van der Waals surface area contributed by atoms with E-state index in [-0.39, 0.29) is 12.1 Å². The summed E-state index contributed by atoms with van der Waals surface area (Å²) in [5.41, 5.74) is 11.6. The highest BCUT2D eigenvalue weighted by Crippen LogP contribution is 2.15. The second-order valence-electron chi connectivity index (χ2n) is 3.58. The molecule has 4 N–H and O–H groups in total. The average Bonchev–Trinajstić information content (AvgIpc) is 2.29. The predicted octanol–water partition coefficient (Wildman–Crippen LogP) is 1.43. The van der Waals surface area contributed by atoms with Crippen LogP contribution in [0.4, 0.5) is 0 Å². The van der Waals surface area contributed by atoms with E-state index in [9.17, 15) is 0 Å². The Labute approximate surface area is 96.3 Å². The lowest BCUT2D eigenvalue weighted by atomic mass is 10.1. The van der Waals surface area contributed by atoms with Crippen LogP contribution in [0.15, 0.2) is 35.3 Å². The first-order chi connectivity index (χ1) is 7.70. The van der Waals surface area contributed by atoms with Crippen molar-refractivity contribution in [2.45, 2.75) is 19.4 Å². The van der Waals surface area contributed by atoms with Crippen molar-refractivity contribution in [3.05, 3.63) is 35.9 Å². The summed E-state index contributed by atoms with van der Waals surface area (Å²) in [6.45, 7) is 3.31. The standard InChI is InChI=1S/C12H19N3O/c1-10(11-6-3-2-4-7-11)16-9-5-8-15-12(13)14/h2-4,6-7,10H,5,8-9H2,1H3,(H4,13,14,15). The van der Waals surface area contributed by atoms with E-state index in [0.29, 0.717) is 13.2 Å². The van der Waals surface area contributed by atoms with Crippen LogP contribution in [-0.2, 0) is 4.74 Å². The maximum absolute atomic E-state index is 5.66. The Morgan fingerprint density at radius 2 is 2.00 bits per heavy atom. The minimum absolute atomic E-state index is 0.111. The van der Waals surface area contributed by atoms with Gasteiger partial charge < -0.3 is 16.2 Å². The number of ether oxygens (including phenoxy) is 1. The molecule has 88 valence electrons. The Morgan fingerprint density at radius 3 is 2.62 bits per heavy atom. The number of hydrogen-bond acceptors (Lipinski definition) is 2. The molecule has 4 nitrogen and oxygen atoms in total. The van der Waals surface area contributed by atoms with Gasteiger partial charge in [-0.25, -0.2) is 0 Å². The van der Waals surface area contributed by atoms with Gasteiger partial charge >= 0.3 is 0 Å². The van der Waals surface area contributed by atoms with Crippen molar-refractivity contribution in [2.75, 3.05) is 13.2 Å². The number of benzene rings is 1. The van der Waals surface area contributed by atoms with E-state index in [2.05, 4.69) is 17.1 Å². The quantitative estimate of drug-likeness (QED) is 0.433. The summed E-state index contributed by atoms with van der Waals surface area (Å²) >= 11 is 0. The molecule has 0 spiro atoms. The van der Waals surface area contributed by atoms with Crippen LogP contribution in [-0.4, -0.2) is 19.1 Å². The molecule has 4 heteroatoms. The van der Waals surface area contributed by atoms with Gasteiger partial charge in [0.15, 0.2) is 5.96 Å². The maximum atomic E-state index is 5.66. The first kappa shape index (κ1) is 12.5. The summed E-state index contributed by atoms with van der Waals surface area (Å²) in [7, 11) is 0. The van der Waals surface area contributed by atoms with Gasteiger partial charge in [0.05, 0.1) is 6.10 Å². The molecule has 0 saturated carbocycles. The molecule has 0 radical (unpaired) electrons. The zero-order valence-electron chi connectivity index (χ0n) is 9.60. The molecule has 0 aliphatic carbocycles. The summed E-state index contributed by atoms with van der Waals surface area (Å²) in [6, 6.07) is 10.1. The monoisotopic (exact) mass is 221 g/mol. The molecule has 1 unspecified atom stereocenters. The number of nitrogens with zero attached hydrogens (tertiary/aromatic N) is 1. The van der Waals surface area contributed by atoms with E-state index in [1.54, 1.807) is 0 Å². The molecule has 0 fully saturated rings. The SMILES string of the molecule is CC(OCCCN=C(N)N)c1ccccc1. The average molecular weight is 221 g/mol. The molecule has 0 aromatic heterocycles. The van der Waals surface area contributed by atoms with Crippen LogP contribution in [0.1, 0.15) is 25.0 Å². The second-order valence-corrected chi connectivity index (χ2v) is 3.58. The fourth-order valence-electron chi connectivity index (χ4n) is 1.35. The van der Waals surface area contributed by atoms with Gasteiger partial charge in [0.25, 0.3) is 0 Å². The molecule has 1 atom stereocenters. The molecule has 1 aromatic rings. The molecule has 0 aliphatic heterocycles. The fraction of sp³-hybridized carbons (Fsp3) is 0.417. The Hall–Kier alpha value is -1.55. The highest BCUT2D eigenvalue weighted by Gasteiger charge is 2.03. The minimum atomic E-state index is 0.111. The summed E-state index contributed by atoms with van der Waals surface area (Å²) < 4.78 is 5.66. The Balaban J connectivity index is 2.21. The minimum Gasteiger partial charge on any atom is -0.374 e.